The summed E-state index contributed by atoms with van der Waals surface area (Å²) < 4.78 is 18.2. The van der Waals surface area contributed by atoms with Crippen LogP contribution in [-0.4, -0.2) is 23.6 Å². The molecule has 1 aromatic carbocycles. The molecule has 7 heteroatoms. The van der Waals surface area contributed by atoms with Crippen LogP contribution in [0.15, 0.2) is 18.2 Å². The van der Waals surface area contributed by atoms with Gasteiger partial charge in [-0.15, -0.1) is 0 Å². The van der Waals surface area contributed by atoms with Crippen LogP contribution < -0.4 is 10.1 Å². The summed E-state index contributed by atoms with van der Waals surface area (Å²) in [6.45, 7) is -0.0144. The van der Waals surface area contributed by atoms with E-state index in [4.69, 9.17) is 10.00 Å². The topological polar surface area (TPSA) is 88.2 Å². The lowest BCUT2D eigenvalue weighted by Gasteiger charge is -2.12. The van der Waals surface area contributed by atoms with Gasteiger partial charge >= 0.3 is 5.69 Å². The number of nitro benzene ring substituents is 1. The highest BCUT2D eigenvalue weighted by Gasteiger charge is 2.25. The number of nitro groups is 1. The summed E-state index contributed by atoms with van der Waals surface area (Å²) in [4.78, 5) is 10.0. The molecule has 2 rings (SSSR count). The van der Waals surface area contributed by atoms with Crippen molar-refractivity contribution >= 4 is 5.69 Å². The zero-order valence-corrected chi connectivity index (χ0v) is 10.0. The zero-order valence-electron chi connectivity index (χ0n) is 10.0. The van der Waals surface area contributed by atoms with Gasteiger partial charge < -0.3 is 4.74 Å². The largest absolute Gasteiger partial charge is 0.484 e. The third-order valence-electron chi connectivity index (χ3n) is 2.69. The lowest BCUT2D eigenvalue weighted by Crippen LogP contribution is -2.34. The first kappa shape index (κ1) is 13.2. The van der Waals surface area contributed by atoms with Crippen LogP contribution in [0.3, 0.4) is 0 Å². The molecule has 1 fully saturated rings. The van der Waals surface area contributed by atoms with Crippen LogP contribution in [-0.2, 0) is 0 Å². The average Bonchev–Trinajstić information content (AvgIpc) is 3.19. The molecular weight excluding hydrogens is 253 g/mol. The zero-order chi connectivity index (χ0) is 13.8. The summed E-state index contributed by atoms with van der Waals surface area (Å²) in [6.07, 6.45) is 2.05. The molecule has 1 atom stereocenters. The lowest BCUT2D eigenvalue weighted by molar-refractivity contribution is -0.386. The Morgan fingerprint density at radius 3 is 2.95 bits per heavy atom. The van der Waals surface area contributed by atoms with E-state index in [9.17, 15) is 14.5 Å². The van der Waals surface area contributed by atoms with Crippen molar-refractivity contribution in [3.05, 3.63) is 34.1 Å². The molecule has 0 amide bonds. The lowest BCUT2D eigenvalue weighted by atomic mass is 10.3. The molecular formula is C12H12FN3O3. The molecule has 0 aromatic heterocycles. The smallest absolute Gasteiger partial charge is 0.313 e. The van der Waals surface area contributed by atoms with Gasteiger partial charge in [0.25, 0.3) is 0 Å². The van der Waals surface area contributed by atoms with Crippen LogP contribution in [0.25, 0.3) is 0 Å². The number of ether oxygens (including phenoxy) is 1. The van der Waals surface area contributed by atoms with Gasteiger partial charge in [-0.05, 0) is 25.0 Å². The molecule has 1 saturated carbocycles. The Labute approximate surface area is 108 Å². The maximum atomic E-state index is 12.9. The van der Waals surface area contributed by atoms with E-state index in [-0.39, 0.29) is 12.4 Å². The molecule has 6 nitrogen and oxygen atoms in total. The molecule has 0 spiro atoms. The minimum Gasteiger partial charge on any atom is -0.484 e. The van der Waals surface area contributed by atoms with E-state index in [0.29, 0.717) is 6.04 Å². The number of nitriles is 1. The predicted molar refractivity (Wildman–Crippen MR) is 64.1 cm³/mol. The molecule has 1 unspecified atom stereocenters. The Kier molecular flexibility index (Phi) is 3.92. The van der Waals surface area contributed by atoms with Gasteiger partial charge in [-0.3, -0.25) is 15.4 Å². The monoisotopic (exact) mass is 265 g/mol. The van der Waals surface area contributed by atoms with Gasteiger partial charge in [0.1, 0.15) is 18.5 Å². The Morgan fingerprint density at radius 2 is 2.37 bits per heavy atom. The van der Waals surface area contributed by atoms with Crippen molar-refractivity contribution < 1.29 is 14.1 Å². The van der Waals surface area contributed by atoms with E-state index in [1.54, 1.807) is 0 Å². The molecule has 100 valence electrons. The number of benzene rings is 1. The van der Waals surface area contributed by atoms with Gasteiger partial charge in [0.15, 0.2) is 5.75 Å². The maximum Gasteiger partial charge on any atom is 0.313 e. The van der Waals surface area contributed by atoms with Gasteiger partial charge in [0.2, 0.25) is 0 Å². The standard InChI is InChI=1S/C12H12FN3O3/c13-8-1-4-12(11(5-8)16(17)18)19-7-10(6-14)15-9-2-3-9/h1,4-5,9-10,15H,2-3,7H2. The van der Waals surface area contributed by atoms with Crippen LogP contribution in [0, 0.1) is 27.3 Å². The molecule has 0 bridgehead atoms. The second-order valence-electron chi connectivity index (χ2n) is 4.30. The average molecular weight is 265 g/mol. The van der Waals surface area contributed by atoms with E-state index in [1.165, 1.54) is 6.07 Å². The first-order valence-corrected chi connectivity index (χ1v) is 5.82. The van der Waals surface area contributed by atoms with E-state index >= 15 is 0 Å². The van der Waals surface area contributed by atoms with Crippen LogP contribution in [0.2, 0.25) is 0 Å². The summed E-state index contributed by atoms with van der Waals surface area (Å²) in [5.41, 5.74) is -0.442. The van der Waals surface area contributed by atoms with Crippen LogP contribution in [0.4, 0.5) is 10.1 Å². The summed E-state index contributed by atoms with van der Waals surface area (Å²) in [6, 6.07) is 4.89. The van der Waals surface area contributed by atoms with Crippen molar-refractivity contribution in [3.8, 4) is 11.8 Å². The van der Waals surface area contributed by atoms with Crippen LogP contribution in [0.1, 0.15) is 12.8 Å². The summed E-state index contributed by atoms with van der Waals surface area (Å²) in [5, 5.41) is 22.7. The summed E-state index contributed by atoms with van der Waals surface area (Å²) in [5.74, 6) is -0.740. The predicted octanol–water partition coefficient (Wildman–Crippen LogP) is 1.76. The third-order valence-corrected chi connectivity index (χ3v) is 2.69. The fraction of sp³-hybridized carbons (Fsp3) is 0.417. The van der Waals surface area contributed by atoms with Gasteiger partial charge in [-0.1, -0.05) is 0 Å². The molecule has 0 radical (unpaired) electrons. The highest BCUT2D eigenvalue weighted by atomic mass is 19.1. The highest BCUT2D eigenvalue weighted by Crippen LogP contribution is 2.27. The normalized spacial score (nSPS) is 15.6. The molecule has 0 heterocycles. The molecule has 1 N–H and O–H groups in total. The maximum absolute atomic E-state index is 12.9. The van der Waals surface area contributed by atoms with E-state index in [0.717, 1.165) is 25.0 Å². The first-order chi connectivity index (χ1) is 9.10. The SMILES string of the molecule is N#CC(COc1ccc(F)cc1[N+](=O)[O-])NC1CC1. The van der Waals surface area contributed by atoms with Crippen molar-refractivity contribution in [1.82, 2.24) is 5.32 Å². The van der Waals surface area contributed by atoms with E-state index in [2.05, 4.69) is 5.32 Å². The molecule has 1 aromatic rings. The Hall–Kier alpha value is -2.20. The minimum atomic E-state index is -0.714. The van der Waals surface area contributed by atoms with Crippen molar-refractivity contribution in [2.75, 3.05) is 6.61 Å². The Balaban J connectivity index is 2.01. The molecule has 1 aliphatic rings. The number of nitrogens with zero attached hydrogens (tertiary/aromatic N) is 2. The van der Waals surface area contributed by atoms with Gasteiger partial charge in [-0.25, -0.2) is 4.39 Å². The van der Waals surface area contributed by atoms with Gasteiger partial charge in [0.05, 0.1) is 17.1 Å². The first-order valence-electron chi connectivity index (χ1n) is 5.82. The number of hydrogen-bond donors (Lipinski definition) is 1. The second-order valence-corrected chi connectivity index (χ2v) is 4.30. The molecule has 19 heavy (non-hydrogen) atoms. The van der Waals surface area contributed by atoms with Crippen LogP contribution >= 0.6 is 0 Å². The Bertz CT molecular complexity index is 525. The highest BCUT2D eigenvalue weighted by molar-refractivity contribution is 5.46. The van der Waals surface area contributed by atoms with E-state index < -0.39 is 22.5 Å². The van der Waals surface area contributed by atoms with Crippen LogP contribution in [0.5, 0.6) is 5.75 Å². The van der Waals surface area contributed by atoms with E-state index in [1.807, 2.05) is 6.07 Å². The number of nitrogens with one attached hydrogen (secondary N) is 1. The second kappa shape index (κ2) is 5.63. The van der Waals surface area contributed by atoms with Gasteiger partial charge in [-0.2, -0.15) is 5.26 Å². The number of halogens is 1. The number of rotatable bonds is 6. The summed E-state index contributed by atoms with van der Waals surface area (Å²) in [7, 11) is 0. The third kappa shape index (κ3) is 3.63. The van der Waals surface area contributed by atoms with Gasteiger partial charge in [0, 0.05) is 6.04 Å². The van der Waals surface area contributed by atoms with Crippen molar-refractivity contribution in [1.29, 1.82) is 5.26 Å². The fourth-order valence-electron chi connectivity index (χ4n) is 1.59. The van der Waals surface area contributed by atoms with Crippen molar-refractivity contribution in [2.45, 2.75) is 24.9 Å². The molecule has 0 aliphatic heterocycles. The minimum absolute atomic E-state index is 0.0144. The summed E-state index contributed by atoms with van der Waals surface area (Å²) >= 11 is 0. The molecule has 0 saturated heterocycles. The Morgan fingerprint density at radius 1 is 1.63 bits per heavy atom. The fourth-order valence-corrected chi connectivity index (χ4v) is 1.59. The van der Waals surface area contributed by atoms with Crippen molar-refractivity contribution in [3.63, 3.8) is 0 Å². The quantitative estimate of drug-likeness (QED) is 0.625. The van der Waals surface area contributed by atoms with Crippen molar-refractivity contribution in [2.24, 2.45) is 0 Å². The molecule has 1 aliphatic carbocycles. The number of hydrogen-bond acceptors (Lipinski definition) is 5.